The third-order valence-electron chi connectivity index (χ3n) is 6.84. The van der Waals surface area contributed by atoms with Crippen molar-refractivity contribution >= 4 is 18.1 Å². The van der Waals surface area contributed by atoms with Crippen molar-refractivity contribution in [3.63, 3.8) is 0 Å². The Balaban J connectivity index is 1.74. The molecule has 1 N–H and O–H groups in total. The quantitative estimate of drug-likeness (QED) is 0.426. The average Bonchev–Trinajstić information content (AvgIpc) is 3.35. The second-order valence-corrected chi connectivity index (χ2v) is 12.5. The van der Waals surface area contributed by atoms with Gasteiger partial charge in [-0.25, -0.2) is 9.59 Å². The van der Waals surface area contributed by atoms with Crippen LogP contribution in [0.5, 0.6) is 0 Å². The lowest BCUT2D eigenvalue weighted by atomic mass is 9.85. The zero-order valence-electron chi connectivity index (χ0n) is 24.8. The Morgan fingerprint density at radius 3 is 2.12 bits per heavy atom. The SMILES string of the molecule is CC(C)(C)OC(=O)N[C@H](C(=O)N1CCC[C@H]1CN(CCc1ccccc1)C(=O)OCc1ccccc1)C(C)(C)C. The summed E-state index contributed by atoms with van der Waals surface area (Å²) in [7, 11) is 0. The highest BCUT2D eigenvalue weighted by Crippen LogP contribution is 2.27. The van der Waals surface area contributed by atoms with Gasteiger partial charge in [0.05, 0.1) is 0 Å². The minimum Gasteiger partial charge on any atom is -0.445 e. The number of nitrogens with zero attached hydrogens (tertiary/aromatic N) is 2. The van der Waals surface area contributed by atoms with Crippen molar-refractivity contribution in [3.8, 4) is 0 Å². The van der Waals surface area contributed by atoms with Crippen LogP contribution in [-0.2, 0) is 27.3 Å². The van der Waals surface area contributed by atoms with Crippen LogP contribution in [0.4, 0.5) is 9.59 Å². The number of amides is 3. The predicted molar refractivity (Wildman–Crippen MR) is 156 cm³/mol. The molecule has 0 unspecified atom stereocenters. The maximum Gasteiger partial charge on any atom is 0.410 e. The van der Waals surface area contributed by atoms with Gasteiger partial charge in [0, 0.05) is 25.7 Å². The van der Waals surface area contributed by atoms with Gasteiger partial charge in [0.15, 0.2) is 0 Å². The number of nitrogens with one attached hydrogen (secondary N) is 1. The van der Waals surface area contributed by atoms with Crippen molar-refractivity contribution in [2.24, 2.45) is 5.41 Å². The maximum atomic E-state index is 13.9. The van der Waals surface area contributed by atoms with E-state index in [1.807, 2.05) is 86.3 Å². The van der Waals surface area contributed by atoms with Crippen molar-refractivity contribution in [1.82, 2.24) is 15.1 Å². The van der Waals surface area contributed by atoms with E-state index in [1.54, 1.807) is 25.7 Å². The first-order valence-electron chi connectivity index (χ1n) is 14.1. The predicted octanol–water partition coefficient (Wildman–Crippen LogP) is 5.80. The molecule has 1 heterocycles. The number of ether oxygens (including phenoxy) is 2. The van der Waals surface area contributed by atoms with Crippen LogP contribution in [0.25, 0.3) is 0 Å². The van der Waals surface area contributed by atoms with Crippen LogP contribution >= 0.6 is 0 Å². The Kier molecular flexibility index (Phi) is 10.6. The minimum absolute atomic E-state index is 0.165. The molecule has 2 aromatic carbocycles. The Hall–Kier alpha value is -3.55. The second-order valence-electron chi connectivity index (χ2n) is 12.5. The normalized spacial score (nSPS) is 16.2. The van der Waals surface area contributed by atoms with Crippen LogP contribution in [0.1, 0.15) is 65.5 Å². The van der Waals surface area contributed by atoms with Crippen LogP contribution < -0.4 is 5.32 Å². The lowest BCUT2D eigenvalue weighted by Crippen LogP contribution is -2.57. The summed E-state index contributed by atoms with van der Waals surface area (Å²) >= 11 is 0. The van der Waals surface area contributed by atoms with Gasteiger partial charge < -0.3 is 24.6 Å². The van der Waals surface area contributed by atoms with Crippen LogP contribution in [0, 0.1) is 5.41 Å². The van der Waals surface area contributed by atoms with Crippen molar-refractivity contribution in [3.05, 3.63) is 71.8 Å². The molecule has 8 nitrogen and oxygen atoms in total. The van der Waals surface area contributed by atoms with Crippen molar-refractivity contribution in [1.29, 1.82) is 0 Å². The summed E-state index contributed by atoms with van der Waals surface area (Å²) in [4.78, 5) is 43.3. The Bertz CT molecular complexity index is 1110. The monoisotopic (exact) mass is 551 g/mol. The fourth-order valence-corrected chi connectivity index (χ4v) is 4.79. The Labute approximate surface area is 239 Å². The largest absolute Gasteiger partial charge is 0.445 e. The van der Waals surface area contributed by atoms with Gasteiger partial charge >= 0.3 is 12.2 Å². The van der Waals surface area contributed by atoms with Gasteiger partial charge in [-0.15, -0.1) is 0 Å². The topological polar surface area (TPSA) is 88.2 Å². The number of alkyl carbamates (subject to hydrolysis) is 1. The van der Waals surface area contributed by atoms with Crippen LogP contribution in [-0.4, -0.2) is 65.2 Å². The molecule has 40 heavy (non-hydrogen) atoms. The number of carbonyl (C=O) groups excluding carboxylic acids is 3. The van der Waals surface area contributed by atoms with Gasteiger partial charge in [0.1, 0.15) is 18.2 Å². The Morgan fingerprint density at radius 2 is 1.55 bits per heavy atom. The summed E-state index contributed by atoms with van der Waals surface area (Å²) in [5.74, 6) is -0.165. The first-order chi connectivity index (χ1) is 18.8. The lowest BCUT2D eigenvalue weighted by molar-refractivity contribution is -0.137. The molecule has 8 heteroatoms. The van der Waals surface area contributed by atoms with E-state index in [-0.39, 0.29) is 18.6 Å². The Morgan fingerprint density at radius 1 is 0.950 bits per heavy atom. The summed E-state index contributed by atoms with van der Waals surface area (Å²) in [6, 6.07) is 18.6. The summed E-state index contributed by atoms with van der Waals surface area (Å²) < 4.78 is 11.1. The number of likely N-dealkylation sites (tertiary alicyclic amines) is 1. The first-order valence-corrected chi connectivity index (χ1v) is 14.1. The zero-order chi connectivity index (χ0) is 29.3. The van der Waals surface area contributed by atoms with E-state index in [0.717, 1.165) is 24.0 Å². The standard InChI is InChI=1S/C32H45N3O5/c1-31(2,3)27(33-29(37)40-32(4,5)6)28(36)35-20-13-18-26(35)22-34(21-19-24-14-9-7-10-15-24)30(38)39-23-25-16-11-8-12-17-25/h7-12,14-17,26-27H,13,18-23H2,1-6H3,(H,33,37)/t26-,27+/m0/s1. The fraction of sp³-hybridized carbons (Fsp3) is 0.531. The molecule has 0 spiro atoms. The molecule has 3 rings (SSSR count). The minimum atomic E-state index is -0.772. The van der Waals surface area contributed by atoms with Gasteiger partial charge in [-0.3, -0.25) is 4.79 Å². The highest BCUT2D eigenvalue weighted by Gasteiger charge is 2.41. The molecule has 2 aromatic rings. The van der Waals surface area contributed by atoms with Gasteiger partial charge in [-0.2, -0.15) is 0 Å². The molecule has 1 saturated heterocycles. The van der Waals surface area contributed by atoms with E-state index >= 15 is 0 Å². The molecule has 2 atom stereocenters. The average molecular weight is 552 g/mol. The first kappa shape index (κ1) is 31.0. The van der Waals surface area contributed by atoms with Crippen molar-refractivity contribution in [2.75, 3.05) is 19.6 Å². The van der Waals surface area contributed by atoms with Crippen LogP contribution in [0.2, 0.25) is 0 Å². The van der Waals surface area contributed by atoms with Gasteiger partial charge in [-0.1, -0.05) is 81.4 Å². The molecule has 0 aromatic heterocycles. The van der Waals surface area contributed by atoms with E-state index in [9.17, 15) is 14.4 Å². The van der Waals surface area contributed by atoms with E-state index < -0.39 is 29.2 Å². The highest BCUT2D eigenvalue weighted by atomic mass is 16.6. The maximum absolute atomic E-state index is 13.9. The molecule has 1 fully saturated rings. The van der Waals surface area contributed by atoms with Gasteiger partial charge in [0.2, 0.25) is 5.91 Å². The number of carbonyl (C=O) groups is 3. The summed E-state index contributed by atoms with van der Waals surface area (Å²) in [6.45, 7) is 12.7. The molecule has 1 aliphatic heterocycles. The van der Waals surface area contributed by atoms with Gasteiger partial charge in [0.25, 0.3) is 0 Å². The van der Waals surface area contributed by atoms with E-state index in [4.69, 9.17) is 9.47 Å². The summed E-state index contributed by atoms with van der Waals surface area (Å²) in [6.07, 6.45) is 1.24. The van der Waals surface area contributed by atoms with Crippen LogP contribution in [0.15, 0.2) is 60.7 Å². The third kappa shape index (κ3) is 9.57. The molecule has 0 saturated carbocycles. The van der Waals surface area contributed by atoms with E-state index in [2.05, 4.69) is 5.32 Å². The van der Waals surface area contributed by atoms with Gasteiger partial charge in [-0.05, 0) is 56.6 Å². The van der Waals surface area contributed by atoms with E-state index in [0.29, 0.717) is 26.1 Å². The number of rotatable bonds is 9. The molecule has 1 aliphatic rings. The zero-order valence-corrected chi connectivity index (χ0v) is 24.8. The summed E-state index contributed by atoms with van der Waals surface area (Å²) in [5, 5.41) is 2.81. The van der Waals surface area contributed by atoms with E-state index in [1.165, 1.54) is 0 Å². The highest BCUT2D eigenvalue weighted by molar-refractivity contribution is 5.87. The molecular formula is C32H45N3O5. The van der Waals surface area contributed by atoms with Crippen LogP contribution in [0.3, 0.4) is 0 Å². The number of hydrogen-bond acceptors (Lipinski definition) is 5. The molecule has 0 bridgehead atoms. The lowest BCUT2D eigenvalue weighted by Gasteiger charge is -2.37. The fourth-order valence-electron chi connectivity index (χ4n) is 4.79. The van der Waals surface area contributed by atoms with Crippen molar-refractivity contribution < 1.29 is 23.9 Å². The smallest absolute Gasteiger partial charge is 0.410 e. The third-order valence-corrected chi connectivity index (χ3v) is 6.84. The number of hydrogen-bond donors (Lipinski definition) is 1. The molecular weight excluding hydrogens is 506 g/mol. The summed E-state index contributed by atoms with van der Waals surface area (Å²) in [5.41, 5.74) is 0.822. The number of benzene rings is 2. The molecule has 218 valence electrons. The second kappa shape index (κ2) is 13.7. The molecule has 0 radical (unpaired) electrons. The molecule has 0 aliphatic carbocycles. The van der Waals surface area contributed by atoms with Crippen molar-refractivity contribution in [2.45, 2.75) is 85.1 Å². The molecule has 3 amide bonds.